The Balaban J connectivity index is 0.00000120. The van der Waals surface area contributed by atoms with Gasteiger partial charge in [0.05, 0.1) is 5.54 Å². The third kappa shape index (κ3) is 2.71. The van der Waals surface area contributed by atoms with E-state index in [9.17, 15) is 0 Å². The van der Waals surface area contributed by atoms with E-state index in [-0.39, 0.29) is 17.9 Å². The maximum Gasteiger partial charge on any atom is 0.246 e. The molecule has 0 spiro atoms. The van der Waals surface area contributed by atoms with Gasteiger partial charge in [0.2, 0.25) is 5.89 Å². The third-order valence-corrected chi connectivity index (χ3v) is 3.16. The molecule has 5 heteroatoms. The highest BCUT2D eigenvalue weighted by molar-refractivity contribution is 5.85. The Kier molecular flexibility index (Phi) is 3.68. The molecule has 0 unspecified atom stereocenters. The van der Waals surface area contributed by atoms with Crippen LogP contribution in [-0.2, 0) is 18.4 Å². The number of aromatic nitrogens is 2. The van der Waals surface area contributed by atoms with E-state index in [1.165, 1.54) is 5.56 Å². The van der Waals surface area contributed by atoms with E-state index in [0.29, 0.717) is 5.89 Å². The van der Waals surface area contributed by atoms with Gasteiger partial charge < -0.3 is 10.3 Å². The van der Waals surface area contributed by atoms with Crippen molar-refractivity contribution in [3.63, 3.8) is 0 Å². The van der Waals surface area contributed by atoms with E-state index in [1.54, 1.807) is 0 Å². The summed E-state index contributed by atoms with van der Waals surface area (Å²) in [4.78, 5) is 4.36. The molecule has 3 rings (SSSR count). The smallest absolute Gasteiger partial charge is 0.246 e. The van der Waals surface area contributed by atoms with Crippen LogP contribution in [0.15, 0.2) is 34.9 Å². The van der Waals surface area contributed by atoms with Gasteiger partial charge in [0.25, 0.3) is 0 Å². The van der Waals surface area contributed by atoms with Gasteiger partial charge in [-0.3, -0.25) is 0 Å². The van der Waals surface area contributed by atoms with Crippen LogP contribution in [0, 0.1) is 0 Å². The Morgan fingerprint density at radius 2 is 1.89 bits per heavy atom. The Morgan fingerprint density at radius 1 is 1.17 bits per heavy atom. The first-order valence-corrected chi connectivity index (χ1v) is 5.92. The number of rotatable bonds is 4. The number of aryl methyl sites for hydroxylation is 2. The molecule has 1 aromatic carbocycles. The van der Waals surface area contributed by atoms with Crippen LogP contribution in [-0.4, -0.2) is 10.1 Å². The fourth-order valence-corrected chi connectivity index (χ4v) is 1.81. The van der Waals surface area contributed by atoms with E-state index >= 15 is 0 Å². The number of nitrogens with zero attached hydrogens (tertiary/aromatic N) is 2. The highest BCUT2D eigenvalue weighted by Crippen LogP contribution is 2.41. The van der Waals surface area contributed by atoms with Crippen molar-refractivity contribution in [3.05, 3.63) is 47.6 Å². The molecule has 0 bridgehead atoms. The summed E-state index contributed by atoms with van der Waals surface area (Å²) in [5.41, 5.74) is 6.96. The topological polar surface area (TPSA) is 64.9 Å². The molecule has 4 nitrogen and oxygen atoms in total. The van der Waals surface area contributed by atoms with Gasteiger partial charge in [-0.2, -0.15) is 4.98 Å². The molecule has 18 heavy (non-hydrogen) atoms. The minimum Gasteiger partial charge on any atom is -0.337 e. The van der Waals surface area contributed by atoms with Gasteiger partial charge in [-0.15, -0.1) is 12.4 Å². The van der Waals surface area contributed by atoms with E-state index < -0.39 is 0 Å². The number of hydrogen-bond acceptors (Lipinski definition) is 4. The third-order valence-electron chi connectivity index (χ3n) is 3.16. The van der Waals surface area contributed by atoms with E-state index in [2.05, 4.69) is 22.3 Å². The molecule has 0 saturated heterocycles. The van der Waals surface area contributed by atoms with E-state index in [1.807, 2.05) is 18.2 Å². The van der Waals surface area contributed by atoms with Crippen molar-refractivity contribution in [1.29, 1.82) is 0 Å². The molecule has 1 aliphatic carbocycles. The van der Waals surface area contributed by atoms with Crippen LogP contribution >= 0.6 is 12.4 Å². The average Bonchev–Trinajstić information content (AvgIpc) is 2.94. The molecule has 1 heterocycles. The molecule has 0 amide bonds. The van der Waals surface area contributed by atoms with Crippen LogP contribution in [0.2, 0.25) is 0 Å². The van der Waals surface area contributed by atoms with Crippen LogP contribution in [0.5, 0.6) is 0 Å². The Morgan fingerprint density at radius 3 is 2.56 bits per heavy atom. The molecule has 2 N–H and O–H groups in total. The van der Waals surface area contributed by atoms with Crippen molar-refractivity contribution >= 4 is 12.4 Å². The zero-order chi connectivity index (χ0) is 11.7. The largest absolute Gasteiger partial charge is 0.337 e. The second-order valence-electron chi connectivity index (χ2n) is 4.66. The minimum absolute atomic E-state index is 0. The zero-order valence-corrected chi connectivity index (χ0v) is 10.8. The van der Waals surface area contributed by atoms with Crippen LogP contribution in [0.4, 0.5) is 0 Å². The molecule has 96 valence electrons. The lowest BCUT2D eigenvalue weighted by atomic mass is 10.1. The fourth-order valence-electron chi connectivity index (χ4n) is 1.81. The quantitative estimate of drug-likeness (QED) is 0.921. The van der Waals surface area contributed by atoms with Gasteiger partial charge in [0.15, 0.2) is 5.82 Å². The average molecular weight is 266 g/mol. The van der Waals surface area contributed by atoms with Gasteiger partial charge in [0, 0.05) is 6.42 Å². The van der Waals surface area contributed by atoms with Crippen LogP contribution in [0.25, 0.3) is 0 Å². The minimum atomic E-state index is -0.321. The van der Waals surface area contributed by atoms with Crippen molar-refractivity contribution in [2.24, 2.45) is 5.73 Å². The van der Waals surface area contributed by atoms with Crippen molar-refractivity contribution in [1.82, 2.24) is 10.1 Å². The number of hydrogen-bond donors (Lipinski definition) is 1. The summed E-state index contributed by atoms with van der Waals surface area (Å²) in [6.45, 7) is 0. The molecule has 1 aliphatic rings. The SMILES string of the molecule is Cl.NC1(c2nc(CCc3ccccc3)no2)CC1. The van der Waals surface area contributed by atoms with Gasteiger partial charge >= 0.3 is 0 Å². The summed E-state index contributed by atoms with van der Waals surface area (Å²) in [6.07, 6.45) is 3.63. The maximum atomic E-state index is 5.99. The highest BCUT2D eigenvalue weighted by atomic mass is 35.5. The Hall–Kier alpha value is -1.39. The summed E-state index contributed by atoms with van der Waals surface area (Å²) < 4.78 is 5.19. The lowest BCUT2D eigenvalue weighted by Gasteiger charge is -1.98. The number of nitrogens with two attached hydrogens (primary N) is 1. The van der Waals surface area contributed by atoms with Crippen molar-refractivity contribution in [2.45, 2.75) is 31.2 Å². The summed E-state index contributed by atoms with van der Waals surface area (Å²) >= 11 is 0. The standard InChI is InChI=1S/C13H15N3O.ClH/c14-13(8-9-13)12-15-11(16-17-12)7-6-10-4-2-1-3-5-10;/h1-5H,6-9,14H2;1H. The fraction of sp³-hybridized carbons (Fsp3) is 0.385. The first-order chi connectivity index (χ1) is 8.26. The second kappa shape index (κ2) is 5.08. The summed E-state index contributed by atoms with van der Waals surface area (Å²) in [6, 6.07) is 10.3. The molecular weight excluding hydrogens is 250 g/mol. The lowest BCUT2D eigenvalue weighted by Crippen LogP contribution is -2.19. The molecule has 0 radical (unpaired) electrons. The summed E-state index contributed by atoms with van der Waals surface area (Å²) in [5.74, 6) is 1.35. The van der Waals surface area contributed by atoms with E-state index in [4.69, 9.17) is 10.3 Å². The first-order valence-electron chi connectivity index (χ1n) is 5.92. The molecule has 1 fully saturated rings. The lowest BCUT2D eigenvalue weighted by molar-refractivity contribution is 0.344. The van der Waals surface area contributed by atoms with Gasteiger partial charge in [0.1, 0.15) is 0 Å². The van der Waals surface area contributed by atoms with Gasteiger partial charge in [-0.1, -0.05) is 35.5 Å². The van der Waals surface area contributed by atoms with Gasteiger partial charge in [-0.05, 0) is 24.8 Å². The van der Waals surface area contributed by atoms with Crippen LogP contribution in [0.1, 0.15) is 30.1 Å². The van der Waals surface area contributed by atoms with Crippen molar-refractivity contribution < 1.29 is 4.52 Å². The summed E-state index contributed by atoms with van der Waals surface area (Å²) in [7, 11) is 0. The normalized spacial score (nSPS) is 16.1. The van der Waals surface area contributed by atoms with Crippen LogP contribution in [0.3, 0.4) is 0 Å². The van der Waals surface area contributed by atoms with Crippen molar-refractivity contribution in [2.75, 3.05) is 0 Å². The van der Waals surface area contributed by atoms with E-state index in [0.717, 1.165) is 31.5 Å². The molecule has 2 aromatic rings. The molecule has 1 aromatic heterocycles. The van der Waals surface area contributed by atoms with Crippen LogP contribution < -0.4 is 5.73 Å². The molecule has 0 atom stereocenters. The predicted molar refractivity (Wildman–Crippen MR) is 70.5 cm³/mol. The predicted octanol–water partition coefficient (Wildman–Crippen LogP) is 2.22. The first kappa shape index (κ1) is 13.1. The number of halogens is 1. The summed E-state index contributed by atoms with van der Waals surface area (Å²) in [5, 5.41) is 3.97. The Bertz CT molecular complexity index is 508. The second-order valence-corrected chi connectivity index (χ2v) is 4.66. The zero-order valence-electron chi connectivity index (χ0n) is 10.0. The maximum absolute atomic E-state index is 5.99. The van der Waals surface area contributed by atoms with Gasteiger partial charge in [-0.25, -0.2) is 0 Å². The monoisotopic (exact) mass is 265 g/mol. The molecular formula is C13H16ClN3O. The van der Waals surface area contributed by atoms with Crippen molar-refractivity contribution in [3.8, 4) is 0 Å². The molecule has 1 saturated carbocycles. The Labute approximate surface area is 112 Å². The number of benzene rings is 1. The highest BCUT2D eigenvalue weighted by Gasteiger charge is 2.45. The molecule has 0 aliphatic heterocycles.